The van der Waals surface area contributed by atoms with Crippen molar-refractivity contribution in [1.29, 1.82) is 0 Å². The molecule has 0 saturated heterocycles. The molecule has 17 heavy (non-hydrogen) atoms. The fraction of sp³-hybridized carbons (Fsp3) is 0.500. The van der Waals surface area contributed by atoms with Gasteiger partial charge in [0.1, 0.15) is 0 Å². The summed E-state index contributed by atoms with van der Waals surface area (Å²) in [6.45, 7) is 3.75. The lowest BCUT2D eigenvalue weighted by atomic mass is 9.92. The number of nitro benzene ring substituents is 1. The number of benzene rings is 1. The van der Waals surface area contributed by atoms with Crippen molar-refractivity contribution in [1.82, 2.24) is 0 Å². The normalized spacial score (nSPS) is 14.4. The molecule has 0 saturated carbocycles. The molecule has 0 aliphatic heterocycles. The Kier molecular flexibility index (Phi) is 5.08. The van der Waals surface area contributed by atoms with Crippen LogP contribution in [-0.4, -0.2) is 16.1 Å². The second-order valence-corrected chi connectivity index (χ2v) is 4.91. The molecule has 0 radical (unpaired) electrons. The van der Waals surface area contributed by atoms with Crippen LogP contribution in [0.25, 0.3) is 0 Å². The molecule has 0 aliphatic rings. The minimum atomic E-state index is -0.411. The molecule has 5 heteroatoms. The van der Waals surface area contributed by atoms with Crippen molar-refractivity contribution in [2.75, 3.05) is 0 Å². The van der Waals surface area contributed by atoms with Crippen LogP contribution in [0.4, 0.5) is 5.69 Å². The van der Waals surface area contributed by atoms with Crippen LogP contribution in [-0.2, 0) is 6.42 Å². The number of rotatable bonds is 5. The zero-order chi connectivity index (χ0) is 13.0. The predicted molar refractivity (Wildman–Crippen MR) is 70.0 cm³/mol. The van der Waals surface area contributed by atoms with Gasteiger partial charge in [-0.1, -0.05) is 25.5 Å². The molecule has 1 N–H and O–H groups in total. The molecular weight excluding hydrogens is 286 g/mol. The zero-order valence-corrected chi connectivity index (χ0v) is 11.5. The lowest BCUT2D eigenvalue weighted by Crippen LogP contribution is -2.18. The van der Waals surface area contributed by atoms with E-state index in [4.69, 9.17) is 0 Å². The first kappa shape index (κ1) is 14.1. The van der Waals surface area contributed by atoms with Gasteiger partial charge in [0.05, 0.1) is 15.5 Å². The lowest BCUT2D eigenvalue weighted by molar-refractivity contribution is -0.385. The van der Waals surface area contributed by atoms with Crippen LogP contribution in [0.2, 0.25) is 0 Å². The van der Waals surface area contributed by atoms with Crippen molar-refractivity contribution in [3.05, 3.63) is 38.3 Å². The second kappa shape index (κ2) is 6.12. The van der Waals surface area contributed by atoms with E-state index in [2.05, 4.69) is 15.9 Å². The quantitative estimate of drug-likeness (QED) is 0.670. The van der Waals surface area contributed by atoms with E-state index < -0.39 is 11.0 Å². The van der Waals surface area contributed by atoms with Crippen molar-refractivity contribution in [3.8, 4) is 0 Å². The molecular formula is C12H16BrNO3. The Morgan fingerprint density at radius 3 is 2.65 bits per heavy atom. The molecule has 4 nitrogen and oxygen atoms in total. The molecule has 94 valence electrons. The largest absolute Gasteiger partial charge is 0.393 e. The minimum absolute atomic E-state index is 0.0722. The van der Waals surface area contributed by atoms with Crippen LogP contribution < -0.4 is 0 Å². The van der Waals surface area contributed by atoms with Gasteiger partial charge in [0.2, 0.25) is 0 Å². The minimum Gasteiger partial charge on any atom is -0.393 e. The SMILES string of the molecule is CCC(Cc1cccc([N+](=O)[O-])c1Br)C(C)O. The average Bonchev–Trinajstić information content (AvgIpc) is 2.26. The van der Waals surface area contributed by atoms with Crippen molar-refractivity contribution in [3.63, 3.8) is 0 Å². The van der Waals surface area contributed by atoms with Gasteiger partial charge in [0.25, 0.3) is 5.69 Å². The first-order chi connectivity index (χ1) is 7.97. The summed E-state index contributed by atoms with van der Waals surface area (Å²) < 4.78 is 0.518. The molecule has 0 spiro atoms. The van der Waals surface area contributed by atoms with E-state index in [1.54, 1.807) is 13.0 Å². The highest BCUT2D eigenvalue weighted by atomic mass is 79.9. The van der Waals surface area contributed by atoms with E-state index in [9.17, 15) is 15.2 Å². The van der Waals surface area contributed by atoms with E-state index in [1.165, 1.54) is 6.07 Å². The molecule has 0 aliphatic carbocycles. The number of nitro groups is 1. The Labute approximate surface area is 109 Å². The van der Waals surface area contributed by atoms with Crippen LogP contribution in [0.1, 0.15) is 25.8 Å². The fourth-order valence-corrected chi connectivity index (χ4v) is 2.37. The van der Waals surface area contributed by atoms with Gasteiger partial charge in [0, 0.05) is 6.07 Å². The van der Waals surface area contributed by atoms with Crippen LogP contribution in [0.15, 0.2) is 22.7 Å². The van der Waals surface area contributed by atoms with Gasteiger partial charge in [-0.2, -0.15) is 0 Å². The molecule has 1 rings (SSSR count). The Balaban J connectivity index is 2.99. The summed E-state index contributed by atoms with van der Waals surface area (Å²) in [5, 5.41) is 20.4. The highest BCUT2D eigenvalue weighted by Crippen LogP contribution is 2.30. The van der Waals surface area contributed by atoms with Crippen LogP contribution >= 0.6 is 15.9 Å². The van der Waals surface area contributed by atoms with Crippen molar-refractivity contribution < 1.29 is 10.0 Å². The molecule has 0 bridgehead atoms. The molecule has 2 atom stereocenters. The van der Waals surface area contributed by atoms with Gasteiger partial charge in [-0.3, -0.25) is 10.1 Å². The van der Waals surface area contributed by atoms with E-state index >= 15 is 0 Å². The highest BCUT2D eigenvalue weighted by molar-refractivity contribution is 9.10. The number of nitrogens with zero attached hydrogens (tertiary/aromatic N) is 1. The van der Waals surface area contributed by atoms with E-state index in [1.807, 2.05) is 13.0 Å². The topological polar surface area (TPSA) is 63.4 Å². The van der Waals surface area contributed by atoms with Gasteiger partial charge in [-0.05, 0) is 40.8 Å². The van der Waals surface area contributed by atoms with E-state index in [0.717, 1.165) is 12.0 Å². The maximum Gasteiger partial charge on any atom is 0.283 e. The molecule has 1 aromatic carbocycles. The summed E-state index contributed by atoms with van der Waals surface area (Å²) in [4.78, 5) is 10.4. The molecule has 1 aromatic rings. The number of aliphatic hydroxyl groups excluding tert-OH is 1. The molecule has 2 unspecified atom stereocenters. The standard InChI is InChI=1S/C12H16BrNO3/c1-3-9(8(2)15)7-10-5-4-6-11(12(10)13)14(16)17/h4-6,8-9,15H,3,7H2,1-2H3. The summed E-state index contributed by atoms with van der Waals surface area (Å²) in [5.74, 6) is 0.119. The maximum absolute atomic E-state index is 10.8. The van der Waals surface area contributed by atoms with Crippen LogP contribution in [0.3, 0.4) is 0 Å². The summed E-state index contributed by atoms with van der Waals surface area (Å²) >= 11 is 3.27. The van der Waals surface area contributed by atoms with E-state index in [-0.39, 0.29) is 11.6 Å². The number of halogens is 1. The third-order valence-electron chi connectivity index (χ3n) is 2.94. The Morgan fingerprint density at radius 1 is 1.53 bits per heavy atom. The number of hydrogen-bond donors (Lipinski definition) is 1. The average molecular weight is 302 g/mol. The highest BCUT2D eigenvalue weighted by Gasteiger charge is 2.19. The summed E-state index contributed by atoms with van der Waals surface area (Å²) in [7, 11) is 0. The molecule has 0 fully saturated rings. The van der Waals surface area contributed by atoms with Gasteiger partial charge >= 0.3 is 0 Å². The van der Waals surface area contributed by atoms with Gasteiger partial charge < -0.3 is 5.11 Å². The van der Waals surface area contributed by atoms with Crippen molar-refractivity contribution in [2.45, 2.75) is 32.8 Å². The third-order valence-corrected chi connectivity index (χ3v) is 3.86. The smallest absolute Gasteiger partial charge is 0.283 e. The molecule has 0 heterocycles. The van der Waals surface area contributed by atoms with Crippen molar-refractivity contribution >= 4 is 21.6 Å². The molecule has 0 amide bonds. The lowest BCUT2D eigenvalue weighted by Gasteiger charge is -2.18. The first-order valence-corrected chi connectivity index (χ1v) is 6.36. The monoisotopic (exact) mass is 301 g/mol. The number of aliphatic hydroxyl groups is 1. The van der Waals surface area contributed by atoms with Crippen LogP contribution in [0, 0.1) is 16.0 Å². The Morgan fingerprint density at radius 2 is 2.18 bits per heavy atom. The van der Waals surface area contributed by atoms with Gasteiger partial charge in [-0.25, -0.2) is 0 Å². The Bertz CT molecular complexity index is 407. The fourth-order valence-electron chi connectivity index (χ4n) is 1.80. The molecule has 0 aromatic heterocycles. The summed E-state index contributed by atoms with van der Waals surface area (Å²) in [5.41, 5.74) is 0.940. The maximum atomic E-state index is 10.8. The van der Waals surface area contributed by atoms with Crippen LogP contribution in [0.5, 0.6) is 0 Å². The van der Waals surface area contributed by atoms with E-state index in [0.29, 0.717) is 10.9 Å². The Hall–Kier alpha value is -0.940. The third kappa shape index (κ3) is 3.51. The van der Waals surface area contributed by atoms with Gasteiger partial charge in [0.15, 0.2) is 0 Å². The summed E-state index contributed by atoms with van der Waals surface area (Å²) in [6, 6.07) is 4.99. The zero-order valence-electron chi connectivity index (χ0n) is 9.89. The summed E-state index contributed by atoms with van der Waals surface area (Å²) in [6.07, 6.45) is 1.06. The van der Waals surface area contributed by atoms with Gasteiger partial charge in [-0.15, -0.1) is 0 Å². The first-order valence-electron chi connectivity index (χ1n) is 5.57. The van der Waals surface area contributed by atoms with Crippen molar-refractivity contribution in [2.24, 2.45) is 5.92 Å². The number of hydrogen-bond acceptors (Lipinski definition) is 3. The second-order valence-electron chi connectivity index (χ2n) is 4.12. The predicted octanol–water partition coefficient (Wildman–Crippen LogP) is 3.31.